The standard InChI is InChI=1S/C17H25N3O/c1-5-13(2)20-11-10-15(19-20)12-17(18-3)14-6-8-16(21-4)9-7-14/h6-11,13,17-18H,5,12H2,1-4H3. The largest absolute Gasteiger partial charge is 0.497 e. The Bertz CT molecular complexity index is 547. The molecule has 0 aliphatic carbocycles. The Kier molecular flexibility index (Phi) is 5.39. The SMILES string of the molecule is CCC(C)n1ccc(CC(NC)c2ccc(OC)cc2)n1. The van der Waals surface area contributed by atoms with E-state index in [-0.39, 0.29) is 6.04 Å². The molecule has 0 aliphatic rings. The summed E-state index contributed by atoms with van der Waals surface area (Å²) >= 11 is 0. The van der Waals surface area contributed by atoms with Crippen molar-refractivity contribution in [2.24, 2.45) is 0 Å². The fourth-order valence-electron chi connectivity index (χ4n) is 2.35. The molecule has 0 spiro atoms. The highest BCUT2D eigenvalue weighted by atomic mass is 16.5. The lowest BCUT2D eigenvalue weighted by molar-refractivity contribution is 0.414. The second kappa shape index (κ2) is 7.27. The number of rotatable bonds is 7. The fraction of sp³-hybridized carbons (Fsp3) is 0.471. The minimum absolute atomic E-state index is 0.260. The van der Waals surface area contributed by atoms with E-state index in [2.05, 4.69) is 53.3 Å². The van der Waals surface area contributed by atoms with E-state index < -0.39 is 0 Å². The first-order valence-electron chi connectivity index (χ1n) is 7.53. The van der Waals surface area contributed by atoms with Gasteiger partial charge in [-0.3, -0.25) is 4.68 Å². The summed E-state index contributed by atoms with van der Waals surface area (Å²) in [5.41, 5.74) is 2.36. The van der Waals surface area contributed by atoms with Crippen molar-refractivity contribution >= 4 is 0 Å². The molecule has 1 heterocycles. The van der Waals surface area contributed by atoms with Crippen molar-refractivity contribution in [3.05, 3.63) is 47.8 Å². The van der Waals surface area contributed by atoms with Crippen LogP contribution in [0.25, 0.3) is 0 Å². The van der Waals surface area contributed by atoms with Gasteiger partial charge in [0, 0.05) is 24.7 Å². The molecule has 1 aromatic carbocycles. The van der Waals surface area contributed by atoms with E-state index in [4.69, 9.17) is 4.74 Å². The van der Waals surface area contributed by atoms with E-state index in [1.165, 1.54) is 5.56 Å². The summed E-state index contributed by atoms with van der Waals surface area (Å²) in [6.45, 7) is 4.37. The van der Waals surface area contributed by atoms with Crippen LogP contribution in [0.5, 0.6) is 5.75 Å². The van der Waals surface area contributed by atoms with E-state index in [0.29, 0.717) is 6.04 Å². The van der Waals surface area contributed by atoms with Gasteiger partial charge in [0.15, 0.2) is 0 Å². The van der Waals surface area contributed by atoms with Crippen LogP contribution in [0, 0.1) is 0 Å². The van der Waals surface area contributed by atoms with Crippen LogP contribution in [-0.2, 0) is 6.42 Å². The molecule has 2 unspecified atom stereocenters. The first-order valence-corrected chi connectivity index (χ1v) is 7.53. The minimum atomic E-state index is 0.260. The van der Waals surface area contributed by atoms with E-state index in [1.54, 1.807) is 7.11 Å². The third-order valence-electron chi connectivity index (χ3n) is 3.99. The maximum absolute atomic E-state index is 5.21. The smallest absolute Gasteiger partial charge is 0.118 e. The van der Waals surface area contributed by atoms with Gasteiger partial charge in [0.05, 0.1) is 12.8 Å². The Morgan fingerprint density at radius 2 is 1.95 bits per heavy atom. The lowest BCUT2D eigenvalue weighted by Crippen LogP contribution is -2.19. The van der Waals surface area contributed by atoms with Crippen LogP contribution in [0.1, 0.15) is 43.6 Å². The normalized spacial score (nSPS) is 13.9. The predicted molar refractivity (Wildman–Crippen MR) is 85.7 cm³/mol. The summed E-state index contributed by atoms with van der Waals surface area (Å²) in [7, 11) is 3.67. The van der Waals surface area contributed by atoms with Gasteiger partial charge in [-0.15, -0.1) is 0 Å². The molecule has 0 bridgehead atoms. The number of ether oxygens (including phenoxy) is 1. The van der Waals surface area contributed by atoms with Gasteiger partial charge in [-0.25, -0.2) is 0 Å². The monoisotopic (exact) mass is 287 g/mol. The van der Waals surface area contributed by atoms with Crippen molar-refractivity contribution in [3.63, 3.8) is 0 Å². The molecule has 21 heavy (non-hydrogen) atoms. The third-order valence-corrected chi connectivity index (χ3v) is 3.99. The molecule has 0 amide bonds. The van der Waals surface area contributed by atoms with Gasteiger partial charge in [0.25, 0.3) is 0 Å². The molecule has 0 saturated heterocycles. The zero-order chi connectivity index (χ0) is 15.2. The summed E-state index contributed by atoms with van der Waals surface area (Å²) < 4.78 is 7.26. The highest BCUT2D eigenvalue weighted by Crippen LogP contribution is 2.21. The number of hydrogen-bond donors (Lipinski definition) is 1. The first kappa shape index (κ1) is 15.6. The van der Waals surface area contributed by atoms with Crippen LogP contribution in [0.4, 0.5) is 0 Å². The van der Waals surface area contributed by atoms with Crippen LogP contribution in [-0.4, -0.2) is 23.9 Å². The molecule has 0 saturated carbocycles. The summed E-state index contributed by atoms with van der Waals surface area (Å²) in [5.74, 6) is 0.884. The number of benzene rings is 1. The van der Waals surface area contributed by atoms with Crippen LogP contribution in [0.3, 0.4) is 0 Å². The Hall–Kier alpha value is -1.81. The summed E-state index contributed by atoms with van der Waals surface area (Å²) in [5, 5.41) is 8.05. The molecule has 2 rings (SSSR count). The van der Waals surface area contributed by atoms with Crippen LogP contribution in [0.15, 0.2) is 36.5 Å². The zero-order valence-electron chi connectivity index (χ0n) is 13.3. The number of nitrogens with one attached hydrogen (secondary N) is 1. The van der Waals surface area contributed by atoms with Crippen LogP contribution < -0.4 is 10.1 Å². The van der Waals surface area contributed by atoms with Gasteiger partial charge >= 0.3 is 0 Å². The topological polar surface area (TPSA) is 39.1 Å². The number of aromatic nitrogens is 2. The number of likely N-dealkylation sites (N-methyl/N-ethyl adjacent to an activating group) is 1. The van der Waals surface area contributed by atoms with Crippen molar-refractivity contribution in [1.29, 1.82) is 0 Å². The van der Waals surface area contributed by atoms with Crippen LogP contribution in [0.2, 0.25) is 0 Å². The number of methoxy groups -OCH3 is 1. The third kappa shape index (κ3) is 3.85. The number of hydrogen-bond acceptors (Lipinski definition) is 3. The lowest BCUT2D eigenvalue weighted by Gasteiger charge is -2.16. The van der Waals surface area contributed by atoms with E-state index in [1.807, 2.05) is 19.2 Å². The van der Waals surface area contributed by atoms with Crippen molar-refractivity contribution in [3.8, 4) is 5.75 Å². The molecule has 1 aromatic heterocycles. The predicted octanol–water partition coefficient (Wildman–Crippen LogP) is 3.37. The minimum Gasteiger partial charge on any atom is -0.497 e. The molecular weight excluding hydrogens is 262 g/mol. The molecule has 0 aliphatic heterocycles. The van der Waals surface area contributed by atoms with Gasteiger partial charge in [-0.2, -0.15) is 5.10 Å². The van der Waals surface area contributed by atoms with Crippen molar-refractivity contribution in [2.45, 2.75) is 38.8 Å². The Morgan fingerprint density at radius 3 is 2.52 bits per heavy atom. The molecule has 2 atom stereocenters. The average molecular weight is 287 g/mol. The molecule has 0 radical (unpaired) electrons. The van der Waals surface area contributed by atoms with Gasteiger partial charge in [-0.05, 0) is 44.2 Å². The van der Waals surface area contributed by atoms with Crippen molar-refractivity contribution in [1.82, 2.24) is 15.1 Å². The lowest BCUT2D eigenvalue weighted by atomic mass is 10.0. The first-order chi connectivity index (χ1) is 10.2. The maximum Gasteiger partial charge on any atom is 0.118 e. The van der Waals surface area contributed by atoms with E-state index in [0.717, 1.165) is 24.3 Å². The van der Waals surface area contributed by atoms with E-state index in [9.17, 15) is 0 Å². The van der Waals surface area contributed by atoms with Gasteiger partial charge in [-0.1, -0.05) is 19.1 Å². The molecule has 2 aromatic rings. The maximum atomic E-state index is 5.21. The van der Waals surface area contributed by atoms with Gasteiger partial charge in [0.2, 0.25) is 0 Å². The zero-order valence-corrected chi connectivity index (χ0v) is 13.3. The second-order valence-electron chi connectivity index (χ2n) is 5.36. The van der Waals surface area contributed by atoms with E-state index >= 15 is 0 Å². The Labute approximate surface area is 127 Å². The Balaban J connectivity index is 2.09. The highest BCUT2D eigenvalue weighted by Gasteiger charge is 2.13. The summed E-state index contributed by atoms with van der Waals surface area (Å²) in [4.78, 5) is 0. The van der Waals surface area contributed by atoms with Crippen LogP contribution >= 0.6 is 0 Å². The Morgan fingerprint density at radius 1 is 1.24 bits per heavy atom. The molecule has 0 fully saturated rings. The number of nitrogens with zero attached hydrogens (tertiary/aromatic N) is 2. The molecule has 114 valence electrons. The fourth-order valence-corrected chi connectivity index (χ4v) is 2.35. The van der Waals surface area contributed by atoms with Crippen molar-refractivity contribution < 1.29 is 4.74 Å². The second-order valence-corrected chi connectivity index (χ2v) is 5.36. The molecule has 4 heteroatoms. The summed E-state index contributed by atoms with van der Waals surface area (Å²) in [6, 6.07) is 11.0. The highest BCUT2D eigenvalue weighted by molar-refractivity contribution is 5.29. The molecule has 4 nitrogen and oxygen atoms in total. The van der Waals surface area contributed by atoms with Gasteiger partial charge < -0.3 is 10.1 Å². The molecule has 1 N–H and O–H groups in total. The quantitative estimate of drug-likeness (QED) is 0.848. The average Bonchev–Trinajstić information content (AvgIpc) is 3.00. The summed E-state index contributed by atoms with van der Waals surface area (Å²) in [6.07, 6.45) is 4.05. The molecular formula is C17H25N3O. The van der Waals surface area contributed by atoms with Crippen molar-refractivity contribution in [2.75, 3.05) is 14.2 Å². The van der Waals surface area contributed by atoms with Gasteiger partial charge in [0.1, 0.15) is 5.75 Å².